The molecule has 1 heterocycles. The lowest BCUT2D eigenvalue weighted by Gasteiger charge is -2.35. The number of carbonyl (C=O) groups excluding carboxylic acids is 1. The van der Waals surface area contributed by atoms with Crippen LogP contribution in [0.2, 0.25) is 0 Å². The second-order valence-electron chi connectivity index (χ2n) is 7.19. The maximum absolute atomic E-state index is 12.8. The van der Waals surface area contributed by atoms with E-state index in [1.54, 1.807) is 19.1 Å². The maximum Gasteiger partial charge on any atom is 0.242 e. The molecule has 0 bridgehead atoms. The lowest BCUT2D eigenvalue weighted by Crippen LogP contribution is -2.57. The molecule has 0 aromatic heterocycles. The summed E-state index contributed by atoms with van der Waals surface area (Å²) in [6, 6.07) is 15.7. The molecule has 2 aromatic carbocycles. The number of amides is 1. The molecule has 1 aliphatic heterocycles. The van der Waals surface area contributed by atoms with E-state index in [4.69, 9.17) is 19.9 Å². The van der Waals surface area contributed by atoms with E-state index in [2.05, 4.69) is 0 Å². The van der Waals surface area contributed by atoms with Gasteiger partial charge in [0.1, 0.15) is 6.61 Å². The SMILES string of the molecule is COc1cc(CN(C)C(=O)C2(N)CCOCC2)ccc1OCc1ccccc1. The van der Waals surface area contributed by atoms with Gasteiger partial charge in [-0.2, -0.15) is 0 Å². The lowest BCUT2D eigenvalue weighted by molar-refractivity contribution is -0.139. The summed E-state index contributed by atoms with van der Waals surface area (Å²) in [4.78, 5) is 14.5. The van der Waals surface area contributed by atoms with Gasteiger partial charge in [-0.3, -0.25) is 4.79 Å². The second kappa shape index (κ2) is 9.08. The molecular formula is C22H28N2O4. The van der Waals surface area contributed by atoms with E-state index in [0.717, 1.165) is 11.1 Å². The Bertz CT molecular complexity index is 788. The smallest absolute Gasteiger partial charge is 0.242 e. The minimum Gasteiger partial charge on any atom is -0.493 e. The number of nitrogens with two attached hydrogens (primary N) is 1. The number of methoxy groups -OCH3 is 1. The second-order valence-corrected chi connectivity index (χ2v) is 7.19. The Hall–Kier alpha value is -2.57. The molecular weight excluding hydrogens is 356 g/mol. The Morgan fingerprint density at radius 2 is 1.82 bits per heavy atom. The molecule has 6 heteroatoms. The number of hydrogen-bond donors (Lipinski definition) is 1. The molecule has 1 fully saturated rings. The number of rotatable bonds is 7. The Morgan fingerprint density at radius 1 is 1.11 bits per heavy atom. The third-order valence-corrected chi connectivity index (χ3v) is 5.04. The minimum absolute atomic E-state index is 0.0563. The first-order valence-corrected chi connectivity index (χ1v) is 9.48. The molecule has 3 rings (SSSR count). The van der Waals surface area contributed by atoms with Crippen LogP contribution in [0.1, 0.15) is 24.0 Å². The monoisotopic (exact) mass is 384 g/mol. The highest BCUT2D eigenvalue weighted by atomic mass is 16.5. The lowest BCUT2D eigenvalue weighted by atomic mass is 9.89. The normalized spacial score (nSPS) is 15.7. The van der Waals surface area contributed by atoms with E-state index in [1.165, 1.54) is 0 Å². The number of ether oxygens (including phenoxy) is 3. The fourth-order valence-corrected chi connectivity index (χ4v) is 3.34. The zero-order chi connectivity index (χ0) is 20.0. The number of hydrogen-bond acceptors (Lipinski definition) is 5. The first kappa shape index (κ1) is 20.2. The topological polar surface area (TPSA) is 74.0 Å². The Morgan fingerprint density at radius 3 is 2.50 bits per heavy atom. The molecule has 0 spiro atoms. The highest BCUT2D eigenvalue weighted by Gasteiger charge is 2.37. The van der Waals surface area contributed by atoms with Crippen LogP contribution in [0.3, 0.4) is 0 Å². The molecule has 1 saturated heterocycles. The van der Waals surface area contributed by atoms with Crippen molar-refractivity contribution in [3.05, 3.63) is 59.7 Å². The Kier molecular flexibility index (Phi) is 6.54. The minimum atomic E-state index is -0.837. The van der Waals surface area contributed by atoms with Crippen molar-refractivity contribution in [2.45, 2.75) is 31.5 Å². The van der Waals surface area contributed by atoms with Gasteiger partial charge in [0.15, 0.2) is 11.5 Å². The zero-order valence-electron chi connectivity index (χ0n) is 16.5. The quantitative estimate of drug-likeness (QED) is 0.795. The van der Waals surface area contributed by atoms with Gasteiger partial charge in [0.05, 0.1) is 12.6 Å². The van der Waals surface area contributed by atoms with Crippen molar-refractivity contribution < 1.29 is 19.0 Å². The van der Waals surface area contributed by atoms with E-state index in [-0.39, 0.29) is 5.91 Å². The van der Waals surface area contributed by atoms with Gasteiger partial charge in [-0.05, 0) is 36.1 Å². The third-order valence-electron chi connectivity index (χ3n) is 5.04. The summed E-state index contributed by atoms with van der Waals surface area (Å²) in [6.45, 7) is 1.97. The van der Waals surface area contributed by atoms with Gasteiger partial charge >= 0.3 is 0 Å². The van der Waals surface area contributed by atoms with Crippen molar-refractivity contribution in [3.8, 4) is 11.5 Å². The molecule has 2 aromatic rings. The molecule has 0 aliphatic carbocycles. The zero-order valence-corrected chi connectivity index (χ0v) is 16.5. The summed E-state index contributed by atoms with van der Waals surface area (Å²) in [5.74, 6) is 1.26. The van der Waals surface area contributed by atoms with Crippen LogP contribution in [0.15, 0.2) is 48.5 Å². The fraction of sp³-hybridized carbons (Fsp3) is 0.409. The van der Waals surface area contributed by atoms with Gasteiger partial charge in [0.25, 0.3) is 0 Å². The summed E-state index contributed by atoms with van der Waals surface area (Å²) in [6.07, 6.45) is 1.09. The number of nitrogens with zero attached hydrogens (tertiary/aromatic N) is 1. The molecule has 2 N–H and O–H groups in total. The molecule has 0 radical (unpaired) electrons. The maximum atomic E-state index is 12.8. The van der Waals surface area contributed by atoms with Gasteiger partial charge in [-0.15, -0.1) is 0 Å². The Labute approximate surface area is 166 Å². The summed E-state index contributed by atoms with van der Waals surface area (Å²) in [7, 11) is 3.39. The van der Waals surface area contributed by atoms with E-state index in [9.17, 15) is 4.79 Å². The van der Waals surface area contributed by atoms with E-state index in [0.29, 0.717) is 50.7 Å². The third kappa shape index (κ3) is 4.82. The highest BCUT2D eigenvalue weighted by Crippen LogP contribution is 2.30. The van der Waals surface area contributed by atoms with Crippen LogP contribution in [-0.2, 0) is 22.7 Å². The molecule has 28 heavy (non-hydrogen) atoms. The van der Waals surface area contributed by atoms with Gasteiger partial charge in [-0.25, -0.2) is 0 Å². The van der Waals surface area contributed by atoms with Crippen molar-refractivity contribution in [2.24, 2.45) is 5.73 Å². The van der Waals surface area contributed by atoms with Crippen LogP contribution in [0.25, 0.3) is 0 Å². The van der Waals surface area contributed by atoms with Crippen molar-refractivity contribution in [3.63, 3.8) is 0 Å². The molecule has 0 saturated carbocycles. The van der Waals surface area contributed by atoms with Crippen LogP contribution >= 0.6 is 0 Å². The van der Waals surface area contributed by atoms with Crippen LogP contribution in [0.5, 0.6) is 11.5 Å². The van der Waals surface area contributed by atoms with Crippen molar-refractivity contribution in [1.29, 1.82) is 0 Å². The standard InChI is InChI=1S/C22H28N2O4/c1-24(21(25)22(23)10-12-27-13-11-22)15-18-8-9-19(20(14-18)26-2)28-16-17-6-4-3-5-7-17/h3-9,14H,10-13,15-16,23H2,1-2H3. The predicted octanol–water partition coefficient (Wildman–Crippen LogP) is 2.74. The summed E-state index contributed by atoms with van der Waals surface area (Å²) < 4.78 is 16.7. The fourth-order valence-electron chi connectivity index (χ4n) is 3.34. The number of carbonyl (C=O) groups is 1. The summed E-state index contributed by atoms with van der Waals surface area (Å²) >= 11 is 0. The molecule has 6 nitrogen and oxygen atoms in total. The van der Waals surface area contributed by atoms with E-state index >= 15 is 0 Å². The number of likely N-dealkylation sites (N-methyl/N-ethyl adjacent to an activating group) is 1. The van der Waals surface area contributed by atoms with Gasteiger partial charge in [0, 0.05) is 26.8 Å². The van der Waals surface area contributed by atoms with Gasteiger partial charge in [-0.1, -0.05) is 36.4 Å². The van der Waals surface area contributed by atoms with E-state index in [1.807, 2.05) is 48.5 Å². The highest BCUT2D eigenvalue weighted by molar-refractivity contribution is 5.86. The first-order chi connectivity index (χ1) is 13.5. The van der Waals surface area contributed by atoms with Crippen molar-refractivity contribution >= 4 is 5.91 Å². The average Bonchev–Trinajstić information content (AvgIpc) is 2.73. The predicted molar refractivity (Wildman–Crippen MR) is 107 cm³/mol. The molecule has 1 aliphatic rings. The van der Waals surface area contributed by atoms with Crippen LogP contribution in [0, 0.1) is 0 Å². The van der Waals surface area contributed by atoms with Crippen LogP contribution in [-0.4, -0.2) is 43.7 Å². The van der Waals surface area contributed by atoms with Crippen LogP contribution in [0.4, 0.5) is 0 Å². The molecule has 150 valence electrons. The molecule has 1 amide bonds. The van der Waals surface area contributed by atoms with Crippen molar-refractivity contribution in [1.82, 2.24) is 4.90 Å². The molecule has 0 unspecified atom stereocenters. The van der Waals surface area contributed by atoms with Gasteiger partial charge < -0.3 is 24.8 Å². The van der Waals surface area contributed by atoms with Gasteiger partial charge in [0.2, 0.25) is 5.91 Å². The summed E-state index contributed by atoms with van der Waals surface area (Å²) in [5, 5.41) is 0. The summed E-state index contributed by atoms with van der Waals surface area (Å²) in [5.41, 5.74) is 7.52. The number of benzene rings is 2. The molecule has 0 atom stereocenters. The Balaban J connectivity index is 1.65. The largest absolute Gasteiger partial charge is 0.493 e. The van der Waals surface area contributed by atoms with Crippen LogP contribution < -0.4 is 15.2 Å². The average molecular weight is 384 g/mol. The van der Waals surface area contributed by atoms with Crippen molar-refractivity contribution in [2.75, 3.05) is 27.4 Å². The first-order valence-electron chi connectivity index (χ1n) is 9.48. The van der Waals surface area contributed by atoms with E-state index < -0.39 is 5.54 Å².